The summed E-state index contributed by atoms with van der Waals surface area (Å²) in [5.74, 6) is -4.03. The average Bonchev–Trinajstić information content (AvgIpc) is 2.66. The summed E-state index contributed by atoms with van der Waals surface area (Å²) >= 11 is 0. The summed E-state index contributed by atoms with van der Waals surface area (Å²) < 4.78 is 0. The lowest BCUT2D eigenvalue weighted by Gasteiger charge is -1.99. The zero-order valence-corrected chi connectivity index (χ0v) is 16.7. The van der Waals surface area contributed by atoms with E-state index in [0.717, 1.165) is 12.0 Å². The Labute approximate surface area is 173 Å². The normalized spacial score (nSPS) is 8.77. The molecule has 0 aliphatic rings. The third kappa shape index (κ3) is 26.8. The lowest BCUT2D eigenvalue weighted by atomic mass is 10.1. The second-order valence-corrected chi connectivity index (χ2v) is 5.32. The summed E-state index contributed by atoms with van der Waals surface area (Å²) in [6, 6.07) is 4.63. The van der Waals surface area contributed by atoms with Crippen molar-refractivity contribution in [1.29, 1.82) is 0 Å². The van der Waals surface area contributed by atoms with Gasteiger partial charge < -0.3 is 42.1 Å². The Balaban J connectivity index is -0.000000338. The van der Waals surface area contributed by atoms with Crippen LogP contribution in [0.2, 0.25) is 0 Å². The summed E-state index contributed by atoms with van der Waals surface area (Å²) in [6.45, 7) is 3.14. The zero-order chi connectivity index (χ0) is 24.1. The molecule has 1 aromatic rings. The lowest BCUT2D eigenvalue weighted by Crippen LogP contribution is -2.11. The van der Waals surface area contributed by atoms with Gasteiger partial charge in [0, 0.05) is 19.2 Å². The van der Waals surface area contributed by atoms with E-state index in [9.17, 15) is 19.2 Å². The Morgan fingerprint density at radius 3 is 1.27 bits per heavy atom. The van der Waals surface area contributed by atoms with Crippen molar-refractivity contribution in [3.05, 3.63) is 23.8 Å². The molecule has 0 radical (unpaired) electrons. The number of carbonyl (C=O) groups is 4. The van der Waals surface area contributed by atoms with Crippen LogP contribution in [0.25, 0.3) is 0 Å². The molecule has 172 valence electrons. The van der Waals surface area contributed by atoms with Crippen molar-refractivity contribution in [3.63, 3.8) is 0 Å². The number of aromatic hydroxyl groups is 2. The third-order valence-corrected chi connectivity index (χ3v) is 2.72. The van der Waals surface area contributed by atoms with Crippen molar-refractivity contribution in [2.45, 2.75) is 39.0 Å². The van der Waals surface area contributed by atoms with E-state index in [2.05, 4.69) is 0 Å². The summed E-state index contributed by atoms with van der Waals surface area (Å²) in [7, 11) is 0. The lowest BCUT2D eigenvalue weighted by molar-refractivity contribution is -0.143. The molecule has 30 heavy (non-hydrogen) atoms. The van der Waals surface area contributed by atoms with Gasteiger partial charge in [-0.05, 0) is 18.1 Å². The van der Waals surface area contributed by atoms with E-state index in [0.29, 0.717) is 13.1 Å². The molecular formula is C18H30N2O10. The molecule has 0 atom stereocenters. The topological polar surface area (TPSA) is 242 Å². The Hall–Kier alpha value is -3.38. The van der Waals surface area contributed by atoms with Crippen LogP contribution in [0.5, 0.6) is 11.5 Å². The van der Waals surface area contributed by atoms with Crippen molar-refractivity contribution >= 4 is 23.9 Å². The number of phenols is 2. The fraction of sp³-hybridized carbons (Fsp3) is 0.444. The first-order valence-corrected chi connectivity index (χ1v) is 8.69. The predicted octanol–water partition coefficient (Wildman–Crippen LogP) is 0.436. The van der Waals surface area contributed by atoms with E-state index in [-0.39, 0.29) is 37.2 Å². The smallest absolute Gasteiger partial charge is 0.303 e. The molecule has 12 nitrogen and oxygen atoms in total. The number of hydrogen-bond acceptors (Lipinski definition) is 8. The van der Waals surface area contributed by atoms with E-state index in [4.69, 9.17) is 42.1 Å². The minimum absolute atomic E-state index is 0.106. The molecule has 1 rings (SSSR count). The van der Waals surface area contributed by atoms with E-state index in [1.54, 1.807) is 12.1 Å². The summed E-state index contributed by atoms with van der Waals surface area (Å²) in [4.78, 5) is 38.6. The molecule has 0 spiro atoms. The molecule has 0 heterocycles. The van der Waals surface area contributed by atoms with Gasteiger partial charge in [-0.15, -0.1) is 0 Å². The van der Waals surface area contributed by atoms with E-state index >= 15 is 0 Å². The van der Waals surface area contributed by atoms with Gasteiger partial charge in [-0.3, -0.25) is 19.2 Å². The van der Waals surface area contributed by atoms with Crippen molar-refractivity contribution in [2.75, 3.05) is 13.1 Å². The molecule has 0 aliphatic carbocycles. The van der Waals surface area contributed by atoms with Gasteiger partial charge in [0.15, 0.2) is 0 Å². The average molecular weight is 434 g/mol. The second-order valence-electron chi connectivity index (χ2n) is 5.32. The van der Waals surface area contributed by atoms with Crippen LogP contribution in [0.3, 0.4) is 0 Å². The molecule has 0 aliphatic heterocycles. The molecular weight excluding hydrogens is 404 g/mol. The molecule has 10 N–H and O–H groups in total. The number of rotatable bonds is 8. The van der Waals surface area contributed by atoms with Crippen LogP contribution in [0.15, 0.2) is 18.2 Å². The minimum atomic E-state index is -1.08. The highest BCUT2D eigenvalue weighted by atomic mass is 16.4. The van der Waals surface area contributed by atoms with Crippen molar-refractivity contribution in [3.8, 4) is 11.5 Å². The Morgan fingerprint density at radius 2 is 1.07 bits per heavy atom. The number of phenolic OH excluding ortho intramolecular Hbond substituents is 2. The number of hydrogen-bond donors (Lipinski definition) is 8. The van der Waals surface area contributed by atoms with Crippen LogP contribution in [-0.2, 0) is 25.6 Å². The van der Waals surface area contributed by atoms with Crippen molar-refractivity contribution in [2.24, 2.45) is 11.5 Å². The molecule has 0 aromatic heterocycles. The fourth-order valence-electron chi connectivity index (χ4n) is 1.28. The van der Waals surface area contributed by atoms with Gasteiger partial charge in [0.25, 0.3) is 0 Å². The summed E-state index contributed by atoms with van der Waals surface area (Å²) in [5.41, 5.74) is 10.7. The van der Waals surface area contributed by atoms with Crippen LogP contribution in [-0.4, -0.2) is 67.6 Å². The maximum absolute atomic E-state index is 9.64. The van der Waals surface area contributed by atoms with Crippen LogP contribution in [0.4, 0.5) is 0 Å². The highest BCUT2D eigenvalue weighted by Crippen LogP contribution is 2.22. The SMILES string of the molecule is CCc1ccc(O)cc1O.NCCN.O=C(O)CCC(=O)O.O=C(O)CCC(=O)O. The van der Waals surface area contributed by atoms with Gasteiger partial charge >= 0.3 is 23.9 Å². The van der Waals surface area contributed by atoms with E-state index in [1.165, 1.54) is 6.07 Å². The highest BCUT2D eigenvalue weighted by molar-refractivity contribution is 5.75. The number of carboxylic acid groups (broad SMARTS) is 4. The van der Waals surface area contributed by atoms with Crippen LogP contribution < -0.4 is 11.5 Å². The van der Waals surface area contributed by atoms with Gasteiger partial charge in [-0.25, -0.2) is 0 Å². The number of carboxylic acids is 4. The van der Waals surface area contributed by atoms with Gasteiger partial charge in [-0.1, -0.05) is 13.0 Å². The number of nitrogens with two attached hydrogens (primary N) is 2. The third-order valence-electron chi connectivity index (χ3n) is 2.72. The van der Waals surface area contributed by atoms with Gasteiger partial charge in [0.05, 0.1) is 25.7 Å². The fourth-order valence-corrected chi connectivity index (χ4v) is 1.28. The maximum Gasteiger partial charge on any atom is 0.303 e. The Morgan fingerprint density at radius 1 is 0.733 bits per heavy atom. The maximum atomic E-state index is 9.64. The molecule has 0 bridgehead atoms. The molecule has 0 unspecified atom stereocenters. The van der Waals surface area contributed by atoms with Crippen molar-refractivity contribution in [1.82, 2.24) is 0 Å². The second kappa shape index (κ2) is 20.4. The first-order chi connectivity index (χ1) is 13.9. The van der Waals surface area contributed by atoms with Gasteiger partial charge in [-0.2, -0.15) is 0 Å². The quantitative estimate of drug-likeness (QED) is 0.278. The minimum Gasteiger partial charge on any atom is -0.508 e. The van der Waals surface area contributed by atoms with E-state index in [1.807, 2.05) is 6.92 Å². The number of aliphatic carboxylic acids is 4. The van der Waals surface area contributed by atoms with Crippen LogP contribution in [0, 0.1) is 0 Å². The first-order valence-electron chi connectivity index (χ1n) is 8.69. The molecule has 0 fully saturated rings. The first kappa shape index (κ1) is 31.3. The van der Waals surface area contributed by atoms with Crippen LogP contribution >= 0.6 is 0 Å². The highest BCUT2D eigenvalue weighted by Gasteiger charge is 2.01. The number of benzene rings is 1. The summed E-state index contributed by atoms with van der Waals surface area (Å²) in [6.07, 6.45) is -0.401. The number of aryl methyl sites for hydroxylation is 1. The Bertz CT molecular complexity index is 592. The summed E-state index contributed by atoms with van der Waals surface area (Å²) in [5, 5.41) is 49.6. The Kier molecular flexibility index (Phi) is 21.3. The molecule has 12 heteroatoms. The predicted molar refractivity (Wildman–Crippen MR) is 106 cm³/mol. The molecule has 1 aromatic carbocycles. The zero-order valence-electron chi connectivity index (χ0n) is 16.7. The monoisotopic (exact) mass is 434 g/mol. The van der Waals surface area contributed by atoms with Crippen molar-refractivity contribution < 1.29 is 49.8 Å². The van der Waals surface area contributed by atoms with Crippen LogP contribution in [0.1, 0.15) is 38.2 Å². The standard InChI is InChI=1S/C8H10O2.2C4H6O4.C2H8N2/c1-2-6-3-4-7(9)5-8(6)10;2*5-3(6)1-2-4(7)8;3-1-2-4/h3-5,9-10H,2H2,1H3;2*1-2H2,(H,5,6)(H,7,8);1-4H2. The van der Waals surface area contributed by atoms with E-state index < -0.39 is 23.9 Å². The molecule has 0 saturated heterocycles. The van der Waals surface area contributed by atoms with Gasteiger partial charge in [0.1, 0.15) is 11.5 Å². The molecule has 0 saturated carbocycles. The van der Waals surface area contributed by atoms with Gasteiger partial charge in [0.2, 0.25) is 0 Å². The molecule has 0 amide bonds. The largest absolute Gasteiger partial charge is 0.508 e.